The molecule has 0 unspecified atom stereocenters. The van der Waals surface area contributed by atoms with E-state index in [2.05, 4.69) is 70.5 Å². The molecule has 1 aliphatic carbocycles. The number of rotatable bonds is 8. The summed E-state index contributed by atoms with van der Waals surface area (Å²) >= 11 is 0. The fraction of sp³-hybridized carbons (Fsp3) is 0.355. The van der Waals surface area contributed by atoms with Crippen LogP contribution in [0.5, 0.6) is 0 Å². The first-order chi connectivity index (χ1) is 16.0. The van der Waals surface area contributed by atoms with Gasteiger partial charge in [-0.15, -0.1) is 0 Å². The van der Waals surface area contributed by atoms with Gasteiger partial charge in [-0.2, -0.15) is 0 Å². The Morgan fingerprint density at radius 1 is 1.03 bits per heavy atom. The van der Waals surface area contributed by atoms with Gasteiger partial charge in [0.05, 0.1) is 5.56 Å². The highest BCUT2D eigenvalue weighted by Crippen LogP contribution is 2.46. The number of carbonyl (C=O) groups is 1. The molecule has 0 bridgehead atoms. The molecule has 178 valence electrons. The third kappa shape index (κ3) is 6.02. The molecular formula is C31H37NO2. The van der Waals surface area contributed by atoms with Crippen molar-refractivity contribution in [2.75, 3.05) is 0 Å². The van der Waals surface area contributed by atoms with Gasteiger partial charge in [-0.05, 0) is 89.5 Å². The molecule has 0 heterocycles. The lowest BCUT2D eigenvalue weighted by Crippen LogP contribution is -2.34. The molecule has 1 aliphatic rings. The van der Waals surface area contributed by atoms with E-state index >= 15 is 0 Å². The van der Waals surface area contributed by atoms with Crippen molar-refractivity contribution in [3.8, 4) is 0 Å². The van der Waals surface area contributed by atoms with Gasteiger partial charge in [0.2, 0.25) is 0 Å². The van der Waals surface area contributed by atoms with Gasteiger partial charge in [0, 0.05) is 11.9 Å². The highest BCUT2D eigenvalue weighted by Gasteiger charge is 2.37. The Labute approximate surface area is 204 Å². The van der Waals surface area contributed by atoms with Crippen molar-refractivity contribution in [2.24, 2.45) is 4.99 Å². The van der Waals surface area contributed by atoms with E-state index in [1.807, 2.05) is 18.2 Å². The first kappa shape index (κ1) is 25.4. The Morgan fingerprint density at radius 2 is 1.65 bits per heavy atom. The maximum absolute atomic E-state index is 11.2. The number of aryl methyl sites for hydroxylation is 1. The second-order valence-electron chi connectivity index (χ2n) is 10.6. The molecular weight excluding hydrogens is 418 g/mol. The summed E-state index contributed by atoms with van der Waals surface area (Å²) in [7, 11) is 0. The second kappa shape index (κ2) is 10.4. The van der Waals surface area contributed by atoms with Crippen LogP contribution in [0, 0.1) is 0 Å². The van der Waals surface area contributed by atoms with Crippen LogP contribution in [0.4, 0.5) is 0 Å². The molecule has 0 fully saturated rings. The van der Waals surface area contributed by atoms with Crippen LogP contribution >= 0.6 is 0 Å². The average molecular weight is 456 g/mol. The third-order valence-corrected chi connectivity index (χ3v) is 7.00. The van der Waals surface area contributed by atoms with Crippen molar-refractivity contribution in [1.29, 1.82) is 0 Å². The Morgan fingerprint density at radius 3 is 2.24 bits per heavy atom. The SMILES string of the molecule is C=C/C=C\N=C(/C)CCc1cc2c(cc1/C=C/c1ccc(C(=O)O)cc1)C(C)(C)CCC2(C)C. The minimum absolute atomic E-state index is 0.141. The number of fused-ring (bicyclic) bond motifs is 1. The van der Waals surface area contributed by atoms with Crippen molar-refractivity contribution in [2.45, 2.75) is 71.1 Å². The molecule has 2 aromatic rings. The number of nitrogens with zero attached hydrogens (tertiary/aromatic N) is 1. The average Bonchev–Trinajstić information content (AvgIpc) is 2.79. The number of benzene rings is 2. The molecule has 0 spiro atoms. The van der Waals surface area contributed by atoms with E-state index in [4.69, 9.17) is 5.11 Å². The second-order valence-corrected chi connectivity index (χ2v) is 10.6. The molecule has 2 aromatic carbocycles. The van der Waals surface area contributed by atoms with Gasteiger partial charge in [-0.1, -0.05) is 76.8 Å². The zero-order chi connectivity index (χ0) is 24.9. The highest BCUT2D eigenvalue weighted by molar-refractivity contribution is 5.88. The van der Waals surface area contributed by atoms with Crippen molar-refractivity contribution in [3.63, 3.8) is 0 Å². The first-order valence-electron chi connectivity index (χ1n) is 12.0. The standard InChI is InChI=1S/C31H37NO2/c1-7-8-19-32-22(2)9-13-25-20-27-28(31(5,6)18-17-30(27,3)4)21-26(25)16-12-23-10-14-24(15-11-23)29(33)34/h7-8,10-12,14-16,19-21H,1,9,13,17-18H2,2-6H3,(H,33,34)/b16-12+,19-8-,32-22+. The third-order valence-electron chi connectivity index (χ3n) is 7.00. The van der Waals surface area contributed by atoms with Crippen LogP contribution in [0.25, 0.3) is 12.2 Å². The Kier molecular flexibility index (Phi) is 7.76. The smallest absolute Gasteiger partial charge is 0.335 e. The van der Waals surface area contributed by atoms with Crippen molar-refractivity contribution < 1.29 is 9.90 Å². The summed E-state index contributed by atoms with van der Waals surface area (Å²) in [5.74, 6) is -0.905. The summed E-state index contributed by atoms with van der Waals surface area (Å²) in [6, 6.07) is 11.8. The number of allylic oxidation sites excluding steroid dienone is 2. The van der Waals surface area contributed by atoms with Gasteiger partial charge in [0.1, 0.15) is 0 Å². The van der Waals surface area contributed by atoms with E-state index < -0.39 is 5.97 Å². The molecule has 34 heavy (non-hydrogen) atoms. The van der Waals surface area contributed by atoms with Crippen molar-refractivity contribution in [1.82, 2.24) is 0 Å². The summed E-state index contributed by atoms with van der Waals surface area (Å²) in [4.78, 5) is 15.7. The van der Waals surface area contributed by atoms with E-state index in [0.717, 1.165) is 24.1 Å². The van der Waals surface area contributed by atoms with E-state index in [0.29, 0.717) is 5.56 Å². The predicted molar refractivity (Wildman–Crippen MR) is 145 cm³/mol. The largest absolute Gasteiger partial charge is 0.478 e. The van der Waals surface area contributed by atoms with E-state index in [-0.39, 0.29) is 10.8 Å². The lowest BCUT2D eigenvalue weighted by molar-refractivity contribution is 0.0697. The number of carboxylic acid groups (broad SMARTS) is 1. The number of hydrogen-bond acceptors (Lipinski definition) is 2. The van der Waals surface area contributed by atoms with Gasteiger partial charge >= 0.3 is 5.97 Å². The summed E-state index contributed by atoms with van der Waals surface area (Å²) in [5.41, 5.74) is 8.12. The summed E-state index contributed by atoms with van der Waals surface area (Å²) in [6.45, 7) is 15.2. The van der Waals surface area contributed by atoms with Gasteiger partial charge in [0.25, 0.3) is 0 Å². The minimum Gasteiger partial charge on any atom is -0.478 e. The molecule has 0 radical (unpaired) electrons. The van der Waals surface area contributed by atoms with Crippen LogP contribution in [-0.4, -0.2) is 16.8 Å². The number of hydrogen-bond donors (Lipinski definition) is 1. The summed E-state index contributed by atoms with van der Waals surface area (Å²) in [6.07, 6.45) is 13.8. The maximum Gasteiger partial charge on any atom is 0.335 e. The number of carboxylic acids is 1. The fourth-order valence-corrected chi connectivity index (χ4v) is 4.58. The first-order valence-corrected chi connectivity index (χ1v) is 12.0. The van der Waals surface area contributed by atoms with Gasteiger partial charge in [0.15, 0.2) is 0 Å². The van der Waals surface area contributed by atoms with Crippen molar-refractivity contribution >= 4 is 23.8 Å². The van der Waals surface area contributed by atoms with Gasteiger partial charge < -0.3 is 5.11 Å². The number of aromatic carboxylic acids is 1. The minimum atomic E-state index is -0.905. The Hall–Kier alpha value is -3.20. The Bertz CT molecular complexity index is 1140. The highest BCUT2D eigenvalue weighted by atomic mass is 16.4. The van der Waals surface area contributed by atoms with E-state index in [9.17, 15) is 4.79 Å². The monoisotopic (exact) mass is 455 g/mol. The molecule has 0 amide bonds. The molecule has 1 N–H and O–H groups in total. The quantitative estimate of drug-likeness (QED) is 0.249. The summed E-state index contributed by atoms with van der Waals surface area (Å²) in [5, 5.41) is 9.16. The van der Waals surface area contributed by atoms with Crippen LogP contribution in [0.15, 0.2) is 66.3 Å². The van der Waals surface area contributed by atoms with E-state index in [1.54, 1.807) is 24.4 Å². The molecule has 3 rings (SSSR count). The van der Waals surface area contributed by atoms with Gasteiger partial charge in [-0.25, -0.2) is 4.79 Å². The van der Waals surface area contributed by atoms with Crippen molar-refractivity contribution in [3.05, 3.63) is 94.7 Å². The zero-order valence-corrected chi connectivity index (χ0v) is 21.2. The number of aliphatic imine (C=N–C) groups is 1. The van der Waals surface area contributed by atoms with Gasteiger partial charge in [-0.3, -0.25) is 4.99 Å². The molecule has 0 saturated heterocycles. The van der Waals surface area contributed by atoms with Crippen LogP contribution < -0.4 is 0 Å². The van der Waals surface area contributed by atoms with Crippen LogP contribution in [0.1, 0.15) is 92.1 Å². The lowest BCUT2D eigenvalue weighted by atomic mass is 9.62. The molecule has 0 saturated carbocycles. The normalized spacial score (nSPS) is 17.1. The fourth-order valence-electron chi connectivity index (χ4n) is 4.58. The predicted octanol–water partition coefficient (Wildman–Crippen LogP) is 8.00. The molecule has 3 heteroatoms. The molecule has 0 aromatic heterocycles. The molecule has 0 atom stereocenters. The zero-order valence-electron chi connectivity index (χ0n) is 21.2. The Balaban J connectivity index is 2.01. The summed E-state index contributed by atoms with van der Waals surface area (Å²) < 4.78 is 0. The maximum atomic E-state index is 11.2. The van der Waals surface area contributed by atoms with E-state index in [1.165, 1.54) is 35.1 Å². The van der Waals surface area contributed by atoms with Crippen LogP contribution in [0.3, 0.4) is 0 Å². The lowest BCUT2D eigenvalue weighted by Gasteiger charge is -2.42. The molecule has 3 nitrogen and oxygen atoms in total. The van der Waals surface area contributed by atoms with Crippen LogP contribution in [-0.2, 0) is 17.3 Å². The molecule has 0 aliphatic heterocycles. The topological polar surface area (TPSA) is 49.7 Å². The van der Waals surface area contributed by atoms with Crippen LogP contribution in [0.2, 0.25) is 0 Å².